The minimum Gasteiger partial charge on any atom is -0.493 e. The van der Waals surface area contributed by atoms with Crippen LogP contribution in [-0.4, -0.2) is 35.7 Å². The van der Waals surface area contributed by atoms with Crippen LogP contribution in [0.3, 0.4) is 0 Å². The van der Waals surface area contributed by atoms with Crippen molar-refractivity contribution in [3.8, 4) is 17.0 Å². The SMILES string of the molecule is C=CCNC(=O)CSc1nc(-c2ccccc2)c(NC(=O)c2ccccc2OCC)s1. The Morgan fingerprint density at radius 2 is 1.90 bits per heavy atom. The second-order valence-electron chi connectivity index (χ2n) is 6.29. The summed E-state index contributed by atoms with van der Waals surface area (Å²) < 4.78 is 6.28. The molecule has 0 saturated heterocycles. The summed E-state index contributed by atoms with van der Waals surface area (Å²) in [5.41, 5.74) is 2.01. The Hall–Kier alpha value is -3.10. The molecule has 2 N–H and O–H groups in total. The summed E-state index contributed by atoms with van der Waals surface area (Å²) in [5, 5.41) is 6.34. The molecular formula is C23H23N3O3S2. The quantitative estimate of drug-likeness (QED) is 0.339. The molecule has 2 aromatic carbocycles. The minimum absolute atomic E-state index is 0.0995. The van der Waals surface area contributed by atoms with Gasteiger partial charge < -0.3 is 15.4 Å². The Kier molecular flexibility index (Phi) is 8.26. The maximum atomic E-state index is 13.0. The summed E-state index contributed by atoms with van der Waals surface area (Å²) in [7, 11) is 0. The van der Waals surface area contributed by atoms with Crippen LogP contribution in [0, 0.1) is 0 Å². The number of carbonyl (C=O) groups is 2. The summed E-state index contributed by atoms with van der Waals surface area (Å²) in [6.45, 7) is 6.35. The molecule has 2 amide bonds. The number of aromatic nitrogens is 1. The Labute approximate surface area is 189 Å². The lowest BCUT2D eigenvalue weighted by Crippen LogP contribution is -2.24. The summed E-state index contributed by atoms with van der Waals surface area (Å²) in [4.78, 5) is 29.6. The predicted octanol–water partition coefficient (Wildman–Crippen LogP) is 4.86. The number of amides is 2. The van der Waals surface area contributed by atoms with Crippen molar-refractivity contribution in [1.29, 1.82) is 0 Å². The van der Waals surface area contributed by atoms with Gasteiger partial charge in [-0.2, -0.15) is 0 Å². The zero-order chi connectivity index (χ0) is 22.1. The number of nitrogens with one attached hydrogen (secondary N) is 2. The molecule has 31 heavy (non-hydrogen) atoms. The zero-order valence-electron chi connectivity index (χ0n) is 17.1. The molecule has 0 bridgehead atoms. The number of thiazole rings is 1. The first-order valence-electron chi connectivity index (χ1n) is 9.72. The van der Waals surface area contributed by atoms with Crippen molar-refractivity contribution in [3.63, 3.8) is 0 Å². The van der Waals surface area contributed by atoms with Crippen LogP contribution in [0.25, 0.3) is 11.3 Å². The third kappa shape index (κ3) is 6.19. The minimum atomic E-state index is -0.273. The molecule has 0 aliphatic carbocycles. The highest BCUT2D eigenvalue weighted by molar-refractivity contribution is 8.01. The third-order valence-electron chi connectivity index (χ3n) is 4.08. The van der Waals surface area contributed by atoms with Gasteiger partial charge in [-0.05, 0) is 19.1 Å². The van der Waals surface area contributed by atoms with Gasteiger partial charge in [-0.25, -0.2) is 4.98 Å². The van der Waals surface area contributed by atoms with E-state index >= 15 is 0 Å². The molecule has 0 aliphatic rings. The number of carbonyl (C=O) groups excluding carboxylic acids is 2. The van der Waals surface area contributed by atoms with Crippen molar-refractivity contribution < 1.29 is 14.3 Å². The smallest absolute Gasteiger partial charge is 0.260 e. The predicted molar refractivity (Wildman–Crippen MR) is 127 cm³/mol. The van der Waals surface area contributed by atoms with Gasteiger partial charge in [0.25, 0.3) is 5.91 Å². The van der Waals surface area contributed by atoms with Crippen LogP contribution in [0.5, 0.6) is 5.75 Å². The molecular weight excluding hydrogens is 430 g/mol. The van der Waals surface area contributed by atoms with Gasteiger partial charge in [-0.1, -0.05) is 71.6 Å². The molecule has 0 atom stereocenters. The molecule has 8 heteroatoms. The third-order valence-corrected chi connectivity index (χ3v) is 6.20. The number of ether oxygens (including phenoxy) is 1. The fraction of sp³-hybridized carbons (Fsp3) is 0.174. The Morgan fingerprint density at radius 1 is 1.16 bits per heavy atom. The van der Waals surface area contributed by atoms with Gasteiger partial charge in [0.2, 0.25) is 5.91 Å². The van der Waals surface area contributed by atoms with E-state index in [0.29, 0.717) is 39.5 Å². The number of anilines is 1. The fourth-order valence-electron chi connectivity index (χ4n) is 2.71. The van der Waals surface area contributed by atoms with Gasteiger partial charge in [0, 0.05) is 12.1 Å². The van der Waals surface area contributed by atoms with E-state index in [1.165, 1.54) is 23.1 Å². The highest BCUT2D eigenvalue weighted by Gasteiger charge is 2.19. The molecule has 3 rings (SSSR count). The Balaban J connectivity index is 1.84. The van der Waals surface area contributed by atoms with E-state index in [1.54, 1.807) is 24.3 Å². The molecule has 3 aromatic rings. The van der Waals surface area contributed by atoms with Crippen molar-refractivity contribution in [1.82, 2.24) is 10.3 Å². The molecule has 1 aromatic heterocycles. The average Bonchev–Trinajstić information content (AvgIpc) is 3.20. The van der Waals surface area contributed by atoms with Gasteiger partial charge in [0.05, 0.1) is 17.9 Å². The molecule has 160 valence electrons. The zero-order valence-corrected chi connectivity index (χ0v) is 18.7. The lowest BCUT2D eigenvalue weighted by molar-refractivity contribution is -0.118. The lowest BCUT2D eigenvalue weighted by atomic mass is 10.1. The highest BCUT2D eigenvalue weighted by Crippen LogP contribution is 2.38. The van der Waals surface area contributed by atoms with Crippen LogP contribution in [0.2, 0.25) is 0 Å². The Morgan fingerprint density at radius 3 is 2.65 bits per heavy atom. The van der Waals surface area contributed by atoms with E-state index < -0.39 is 0 Å². The number of rotatable bonds is 10. The van der Waals surface area contributed by atoms with E-state index in [-0.39, 0.29) is 17.6 Å². The summed E-state index contributed by atoms with van der Waals surface area (Å²) in [6, 6.07) is 16.7. The number of benzene rings is 2. The molecule has 0 fully saturated rings. The molecule has 0 aliphatic heterocycles. The highest BCUT2D eigenvalue weighted by atomic mass is 32.2. The van der Waals surface area contributed by atoms with Gasteiger partial charge in [-0.3, -0.25) is 9.59 Å². The first kappa shape index (κ1) is 22.6. The monoisotopic (exact) mass is 453 g/mol. The van der Waals surface area contributed by atoms with Gasteiger partial charge >= 0.3 is 0 Å². The summed E-state index contributed by atoms with van der Waals surface area (Å²) in [6.07, 6.45) is 1.63. The van der Waals surface area contributed by atoms with Crippen molar-refractivity contribution in [2.75, 3.05) is 24.2 Å². The first-order valence-corrected chi connectivity index (χ1v) is 11.5. The maximum absolute atomic E-state index is 13.0. The number of hydrogen-bond acceptors (Lipinski definition) is 6. The fourth-order valence-corrected chi connectivity index (χ4v) is 4.60. The summed E-state index contributed by atoms with van der Waals surface area (Å²) in [5.74, 6) is 0.389. The molecule has 6 nitrogen and oxygen atoms in total. The van der Waals surface area contributed by atoms with Crippen LogP contribution in [0.4, 0.5) is 5.00 Å². The van der Waals surface area contributed by atoms with Crippen molar-refractivity contribution in [3.05, 3.63) is 72.8 Å². The largest absolute Gasteiger partial charge is 0.493 e. The number of nitrogens with zero attached hydrogens (tertiary/aromatic N) is 1. The number of thioether (sulfide) groups is 1. The first-order chi connectivity index (χ1) is 15.1. The second-order valence-corrected chi connectivity index (χ2v) is 8.51. The lowest BCUT2D eigenvalue weighted by Gasteiger charge is -2.10. The van der Waals surface area contributed by atoms with Gasteiger partial charge in [0.15, 0.2) is 4.34 Å². The van der Waals surface area contributed by atoms with E-state index in [4.69, 9.17) is 4.74 Å². The van der Waals surface area contributed by atoms with Crippen molar-refractivity contribution in [2.24, 2.45) is 0 Å². The van der Waals surface area contributed by atoms with Crippen LogP contribution < -0.4 is 15.4 Å². The van der Waals surface area contributed by atoms with E-state index in [9.17, 15) is 9.59 Å². The normalized spacial score (nSPS) is 10.4. The topological polar surface area (TPSA) is 80.3 Å². The van der Waals surface area contributed by atoms with Crippen molar-refractivity contribution >= 4 is 39.9 Å². The molecule has 0 unspecified atom stereocenters. The van der Waals surface area contributed by atoms with E-state index in [1.807, 2.05) is 43.3 Å². The average molecular weight is 454 g/mol. The van der Waals surface area contributed by atoms with Gasteiger partial charge in [0.1, 0.15) is 16.4 Å². The molecule has 0 saturated carbocycles. The van der Waals surface area contributed by atoms with E-state index in [2.05, 4.69) is 22.2 Å². The molecule has 0 spiro atoms. The van der Waals surface area contributed by atoms with Crippen LogP contribution in [0.15, 0.2) is 71.6 Å². The Bertz CT molecular complexity index is 1050. The standard InChI is InChI=1S/C23H23N3O3S2/c1-3-14-24-19(27)15-30-23-25-20(16-10-6-5-7-11-16)22(31-23)26-21(28)17-12-8-9-13-18(17)29-4-2/h3,5-13H,1,4,14-15H2,2H3,(H,24,27)(H,26,28). The maximum Gasteiger partial charge on any atom is 0.260 e. The molecule has 0 radical (unpaired) electrons. The van der Waals surface area contributed by atoms with E-state index in [0.717, 1.165) is 5.56 Å². The van der Waals surface area contributed by atoms with Crippen LogP contribution in [0.1, 0.15) is 17.3 Å². The number of hydrogen-bond donors (Lipinski definition) is 2. The number of para-hydroxylation sites is 1. The van der Waals surface area contributed by atoms with Crippen LogP contribution >= 0.6 is 23.1 Å². The van der Waals surface area contributed by atoms with Gasteiger partial charge in [-0.15, -0.1) is 6.58 Å². The second kappa shape index (κ2) is 11.3. The summed E-state index contributed by atoms with van der Waals surface area (Å²) >= 11 is 2.67. The van der Waals surface area contributed by atoms with Crippen molar-refractivity contribution in [2.45, 2.75) is 11.3 Å². The molecule has 1 heterocycles. The van der Waals surface area contributed by atoms with Crippen LogP contribution in [-0.2, 0) is 4.79 Å².